The number of nitrogens with one attached hydrogen (secondary N) is 1. The number of carbonyl (C=O) groups is 1. The van der Waals surface area contributed by atoms with Gasteiger partial charge in [0, 0.05) is 37.3 Å². The van der Waals surface area contributed by atoms with Crippen LogP contribution in [-0.2, 0) is 7.05 Å². The summed E-state index contributed by atoms with van der Waals surface area (Å²) in [5.74, 6) is -0.0564. The summed E-state index contributed by atoms with van der Waals surface area (Å²) in [6, 6.07) is 3.23. The summed E-state index contributed by atoms with van der Waals surface area (Å²) < 4.78 is 3.28. The van der Waals surface area contributed by atoms with Crippen LogP contribution >= 0.6 is 0 Å². The molecular formula is C16H18N6O2. The molecule has 0 spiro atoms. The highest BCUT2D eigenvalue weighted by Crippen LogP contribution is 2.38. The number of hydrogen-bond donors (Lipinski definition) is 2. The zero-order chi connectivity index (χ0) is 16.7. The van der Waals surface area contributed by atoms with Crippen LogP contribution in [0.25, 0.3) is 5.65 Å². The summed E-state index contributed by atoms with van der Waals surface area (Å²) >= 11 is 0. The Morgan fingerprint density at radius 3 is 2.96 bits per heavy atom. The molecule has 0 saturated heterocycles. The summed E-state index contributed by atoms with van der Waals surface area (Å²) in [6.45, 7) is 0. The van der Waals surface area contributed by atoms with Crippen molar-refractivity contribution in [2.75, 3.05) is 0 Å². The van der Waals surface area contributed by atoms with Gasteiger partial charge in [-0.25, -0.2) is 9.50 Å². The average molecular weight is 326 g/mol. The van der Waals surface area contributed by atoms with E-state index >= 15 is 0 Å². The SMILES string of the molecule is Cn1cc([C@H](NC(=O)c2cc3ncccn3n2)C2CC(O)C2)cn1. The van der Waals surface area contributed by atoms with Crippen LogP contribution in [0.2, 0.25) is 0 Å². The quantitative estimate of drug-likeness (QED) is 0.736. The second kappa shape index (κ2) is 5.72. The van der Waals surface area contributed by atoms with Crippen molar-refractivity contribution in [3.05, 3.63) is 48.2 Å². The highest BCUT2D eigenvalue weighted by molar-refractivity contribution is 5.93. The zero-order valence-electron chi connectivity index (χ0n) is 13.2. The summed E-state index contributed by atoms with van der Waals surface area (Å²) in [7, 11) is 1.84. The normalized spacial score (nSPS) is 21.4. The molecule has 124 valence electrons. The van der Waals surface area contributed by atoms with Crippen molar-refractivity contribution >= 4 is 11.6 Å². The molecule has 8 nitrogen and oxygen atoms in total. The molecule has 0 bridgehead atoms. The summed E-state index contributed by atoms with van der Waals surface area (Å²) in [5.41, 5.74) is 1.88. The third kappa shape index (κ3) is 2.65. The highest BCUT2D eigenvalue weighted by Gasteiger charge is 2.36. The minimum atomic E-state index is -0.287. The molecule has 0 unspecified atom stereocenters. The van der Waals surface area contributed by atoms with E-state index in [4.69, 9.17) is 0 Å². The Kier molecular flexibility index (Phi) is 3.53. The van der Waals surface area contributed by atoms with Crippen LogP contribution in [0.3, 0.4) is 0 Å². The molecule has 0 aromatic carbocycles. The Labute approximate surface area is 138 Å². The molecule has 0 aliphatic heterocycles. The van der Waals surface area contributed by atoms with Gasteiger partial charge < -0.3 is 10.4 Å². The first-order valence-electron chi connectivity index (χ1n) is 7.88. The lowest BCUT2D eigenvalue weighted by Crippen LogP contribution is -2.41. The standard InChI is InChI=1S/C16H18N6O2/c1-21-9-11(8-18-21)15(10-5-12(23)6-10)19-16(24)13-7-14-17-3-2-4-22(14)20-13/h2-4,7-10,12,15,23H,5-6H2,1H3,(H,19,24)/t10?,12?,15-/m1/s1. The van der Waals surface area contributed by atoms with Crippen LogP contribution in [0.1, 0.15) is 34.9 Å². The summed E-state index contributed by atoms with van der Waals surface area (Å²) in [5, 5.41) is 21.1. The molecule has 3 aromatic rings. The molecule has 0 radical (unpaired) electrons. The minimum absolute atomic E-state index is 0.188. The topological polar surface area (TPSA) is 97.3 Å². The van der Waals surface area contributed by atoms with Gasteiger partial charge in [0.1, 0.15) is 0 Å². The first-order chi connectivity index (χ1) is 11.6. The van der Waals surface area contributed by atoms with E-state index in [2.05, 4.69) is 20.5 Å². The first-order valence-corrected chi connectivity index (χ1v) is 7.88. The van der Waals surface area contributed by atoms with Crippen LogP contribution in [0, 0.1) is 5.92 Å². The molecule has 2 N–H and O–H groups in total. The fraction of sp³-hybridized carbons (Fsp3) is 0.375. The van der Waals surface area contributed by atoms with Crippen molar-refractivity contribution < 1.29 is 9.90 Å². The molecule has 8 heteroatoms. The van der Waals surface area contributed by atoms with Gasteiger partial charge in [-0.05, 0) is 24.8 Å². The van der Waals surface area contributed by atoms with Gasteiger partial charge in [0.05, 0.1) is 18.3 Å². The fourth-order valence-electron chi connectivity index (χ4n) is 3.13. The van der Waals surface area contributed by atoms with Crippen molar-refractivity contribution in [2.24, 2.45) is 13.0 Å². The predicted octanol–water partition coefficient (Wildman–Crippen LogP) is 0.705. The van der Waals surface area contributed by atoms with E-state index < -0.39 is 0 Å². The Morgan fingerprint density at radius 1 is 1.46 bits per heavy atom. The number of aliphatic hydroxyl groups excluding tert-OH is 1. The van der Waals surface area contributed by atoms with Crippen molar-refractivity contribution in [1.29, 1.82) is 0 Å². The second-order valence-corrected chi connectivity index (χ2v) is 6.24. The van der Waals surface area contributed by atoms with Gasteiger partial charge in [0.2, 0.25) is 0 Å². The summed E-state index contributed by atoms with van der Waals surface area (Å²) in [6.07, 6.45) is 8.11. The Morgan fingerprint density at radius 2 is 2.29 bits per heavy atom. The predicted molar refractivity (Wildman–Crippen MR) is 85.1 cm³/mol. The van der Waals surface area contributed by atoms with Gasteiger partial charge in [-0.2, -0.15) is 10.2 Å². The second-order valence-electron chi connectivity index (χ2n) is 6.24. The van der Waals surface area contributed by atoms with E-state index in [0.717, 1.165) is 5.56 Å². The Hall–Kier alpha value is -2.74. The van der Waals surface area contributed by atoms with Crippen LogP contribution in [0.15, 0.2) is 36.9 Å². The maximum absolute atomic E-state index is 12.6. The Bertz CT molecular complexity index is 846. The number of rotatable bonds is 4. The number of aromatic nitrogens is 5. The molecule has 3 heterocycles. The molecule has 1 aliphatic rings. The first kappa shape index (κ1) is 14.8. The average Bonchev–Trinajstić information content (AvgIpc) is 3.15. The van der Waals surface area contributed by atoms with Gasteiger partial charge in [-0.3, -0.25) is 9.48 Å². The lowest BCUT2D eigenvalue weighted by Gasteiger charge is -2.37. The monoisotopic (exact) mass is 326 g/mol. The maximum atomic E-state index is 12.6. The van der Waals surface area contributed by atoms with Crippen molar-refractivity contribution in [3.8, 4) is 0 Å². The van der Waals surface area contributed by atoms with Crippen LogP contribution in [-0.4, -0.2) is 41.5 Å². The number of hydrogen-bond acceptors (Lipinski definition) is 5. The van der Waals surface area contributed by atoms with Crippen LogP contribution in [0.4, 0.5) is 0 Å². The summed E-state index contributed by atoms with van der Waals surface area (Å²) in [4.78, 5) is 16.8. The van der Waals surface area contributed by atoms with Gasteiger partial charge >= 0.3 is 0 Å². The number of aliphatic hydroxyl groups is 1. The molecule has 4 rings (SSSR count). The van der Waals surface area contributed by atoms with Crippen molar-refractivity contribution in [2.45, 2.75) is 25.0 Å². The molecular weight excluding hydrogens is 308 g/mol. The van der Waals surface area contributed by atoms with Crippen molar-refractivity contribution in [1.82, 2.24) is 29.7 Å². The number of amides is 1. The molecule has 1 amide bonds. The largest absolute Gasteiger partial charge is 0.393 e. The van der Waals surface area contributed by atoms with Gasteiger partial charge in [-0.1, -0.05) is 0 Å². The lowest BCUT2D eigenvalue weighted by atomic mass is 9.75. The van der Waals surface area contributed by atoms with Crippen LogP contribution in [0.5, 0.6) is 0 Å². The van der Waals surface area contributed by atoms with E-state index in [-0.39, 0.29) is 24.0 Å². The lowest BCUT2D eigenvalue weighted by molar-refractivity contribution is 0.0234. The number of aryl methyl sites for hydroxylation is 1. The molecule has 1 atom stereocenters. The zero-order valence-corrected chi connectivity index (χ0v) is 13.2. The van der Waals surface area contributed by atoms with Gasteiger partial charge in [0.25, 0.3) is 5.91 Å². The third-order valence-corrected chi connectivity index (χ3v) is 4.46. The van der Waals surface area contributed by atoms with E-state index in [1.165, 1.54) is 0 Å². The van der Waals surface area contributed by atoms with E-state index in [9.17, 15) is 9.90 Å². The van der Waals surface area contributed by atoms with Gasteiger partial charge in [-0.15, -0.1) is 0 Å². The van der Waals surface area contributed by atoms with E-state index in [0.29, 0.717) is 24.2 Å². The molecule has 1 saturated carbocycles. The molecule has 3 aromatic heterocycles. The number of fused-ring (bicyclic) bond motifs is 1. The molecule has 24 heavy (non-hydrogen) atoms. The fourth-order valence-corrected chi connectivity index (χ4v) is 3.13. The third-order valence-electron chi connectivity index (χ3n) is 4.46. The van der Waals surface area contributed by atoms with Crippen molar-refractivity contribution in [3.63, 3.8) is 0 Å². The number of carbonyl (C=O) groups excluding carboxylic acids is 1. The maximum Gasteiger partial charge on any atom is 0.272 e. The van der Waals surface area contributed by atoms with E-state index in [1.54, 1.807) is 39.9 Å². The van der Waals surface area contributed by atoms with Gasteiger partial charge in [0.15, 0.2) is 11.3 Å². The van der Waals surface area contributed by atoms with E-state index in [1.807, 2.05) is 13.2 Å². The minimum Gasteiger partial charge on any atom is -0.393 e. The molecule has 1 aliphatic carbocycles. The Balaban J connectivity index is 1.58. The highest BCUT2D eigenvalue weighted by atomic mass is 16.3. The molecule has 1 fully saturated rings. The van der Waals surface area contributed by atoms with Crippen LogP contribution < -0.4 is 5.32 Å². The smallest absolute Gasteiger partial charge is 0.272 e. The number of nitrogens with zero attached hydrogens (tertiary/aromatic N) is 5.